The van der Waals surface area contributed by atoms with E-state index in [0.29, 0.717) is 12.8 Å². The molecule has 0 heterocycles. The molecule has 0 saturated heterocycles. The molecule has 0 aromatic heterocycles. The number of nitrogens with two attached hydrogens (primary N) is 1. The first-order valence-corrected chi connectivity index (χ1v) is 10.5. The van der Waals surface area contributed by atoms with E-state index in [9.17, 15) is 19.2 Å². The molecular weight excluding hydrogens is 374 g/mol. The molecule has 1 atom stereocenters. The van der Waals surface area contributed by atoms with Crippen molar-refractivity contribution in [2.45, 2.75) is 64.8 Å². The second-order valence-corrected chi connectivity index (χ2v) is 7.68. The van der Waals surface area contributed by atoms with Gasteiger partial charge in [0.1, 0.15) is 5.78 Å². The highest BCUT2D eigenvalue weighted by Gasteiger charge is 2.20. The molecule has 0 rings (SSSR count). The van der Waals surface area contributed by atoms with Gasteiger partial charge in [0, 0.05) is 6.42 Å². The van der Waals surface area contributed by atoms with Crippen molar-refractivity contribution in [1.29, 1.82) is 0 Å². The summed E-state index contributed by atoms with van der Waals surface area (Å²) in [7, 11) is 1.93. The van der Waals surface area contributed by atoms with Crippen LogP contribution >= 0.6 is 0 Å². The third-order valence-electron chi connectivity index (χ3n) is 4.45. The van der Waals surface area contributed by atoms with E-state index in [0.717, 1.165) is 38.6 Å². The minimum Gasteiger partial charge on any atom is -0.347 e. The van der Waals surface area contributed by atoms with Crippen molar-refractivity contribution in [3.8, 4) is 0 Å². The highest BCUT2D eigenvalue weighted by Crippen LogP contribution is 2.05. The second-order valence-electron chi connectivity index (χ2n) is 7.68. The molecule has 0 radical (unpaired) electrons. The van der Waals surface area contributed by atoms with E-state index in [1.54, 1.807) is 0 Å². The van der Waals surface area contributed by atoms with E-state index in [-0.39, 0.29) is 31.3 Å². The first-order chi connectivity index (χ1) is 13.8. The van der Waals surface area contributed by atoms with Crippen molar-refractivity contribution in [2.75, 3.05) is 33.2 Å². The lowest BCUT2D eigenvalue weighted by molar-refractivity contribution is -0.136. The zero-order valence-corrected chi connectivity index (χ0v) is 18.1. The molecule has 9 nitrogen and oxygen atoms in total. The molecule has 0 aromatic rings. The fraction of sp³-hybridized carbons (Fsp3) is 0.800. The average molecular weight is 414 g/mol. The molecule has 0 bridgehead atoms. The van der Waals surface area contributed by atoms with Crippen LogP contribution in [0.15, 0.2) is 0 Å². The summed E-state index contributed by atoms with van der Waals surface area (Å²) >= 11 is 0. The number of ketones is 3. The highest BCUT2D eigenvalue weighted by molar-refractivity contribution is 6.39. The van der Waals surface area contributed by atoms with Crippen LogP contribution in [0.4, 0.5) is 0 Å². The van der Waals surface area contributed by atoms with Crippen LogP contribution in [0.25, 0.3) is 0 Å². The molecule has 0 aliphatic rings. The molecule has 29 heavy (non-hydrogen) atoms. The number of hydrogen-bond acceptors (Lipinski definition) is 8. The minimum atomic E-state index is -0.708. The lowest BCUT2D eigenvalue weighted by Gasteiger charge is -2.17. The van der Waals surface area contributed by atoms with Gasteiger partial charge < -0.3 is 16.0 Å². The third kappa shape index (κ3) is 14.9. The number of nitrogens with one attached hydrogen (secondary N) is 4. The highest BCUT2D eigenvalue weighted by atomic mass is 16.2. The van der Waals surface area contributed by atoms with Crippen molar-refractivity contribution >= 4 is 23.3 Å². The van der Waals surface area contributed by atoms with Crippen LogP contribution in [-0.4, -0.2) is 62.5 Å². The van der Waals surface area contributed by atoms with Crippen LogP contribution < -0.4 is 27.2 Å². The molecule has 0 saturated carbocycles. The number of hydrogen-bond donors (Lipinski definition) is 5. The summed E-state index contributed by atoms with van der Waals surface area (Å²) in [5.74, 6) is 3.83. The Bertz CT molecular complexity index is 511. The van der Waals surface area contributed by atoms with Gasteiger partial charge in [0.05, 0.1) is 25.7 Å². The Morgan fingerprint density at radius 2 is 1.48 bits per heavy atom. The summed E-state index contributed by atoms with van der Waals surface area (Å²) in [5, 5.41) is 8.23. The monoisotopic (exact) mass is 413 g/mol. The molecule has 0 spiro atoms. The van der Waals surface area contributed by atoms with Crippen LogP contribution in [0.3, 0.4) is 0 Å². The van der Waals surface area contributed by atoms with Crippen LogP contribution in [0, 0.1) is 5.92 Å². The van der Waals surface area contributed by atoms with Crippen LogP contribution in [-0.2, 0) is 19.2 Å². The van der Waals surface area contributed by atoms with E-state index >= 15 is 0 Å². The summed E-state index contributed by atoms with van der Waals surface area (Å²) in [4.78, 5) is 47.4. The molecule has 6 N–H and O–H groups in total. The summed E-state index contributed by atoms with van der Waals surface area (Å²) in [6.07, 6.45) is 6.25. The Balaban J connectivity index is 3.88. The minimum absolute atomic E-state index is 0.0272. The Labute approximate surface area is 174 Å². The topological polar surface area (TPSA) is 142 Å². The van der Waals surface area contributed by atoms with Gasteiger partial charge in [-0.1, -0.05) is 33.1 Å². The lowest BCUT2D eigenvalue weighted by Crippen LogP contribution is -2.49. The molecule has 0 aromatic carbocycles. The van der Waals surface area contributed by atoms with E-state index in [4.69, 9.17) is 5.84 Å². The molecule has 0 fully saturated rings. The van der Waals surface area contributed by atoms with E-state index in [1.165, 1.54) is 0 Å². The second kappa shape index (κ2) is 17.2. The van der Waals surface area contributed by atoms with Gasteiger partial charge in [0.2, 0.25) is 17.5 Å². The summed E-state index contributed by atoms with van der Waals surface area (Å²) in [6.45, 7) is 4.39. The molecule has 9 heteroatoms. The Kier molecular flexibility index (Phi) is 16.2. The number of rotatable bonds is 19. The maximum Gasteiger partial charge on any atom is 0.238 e. The number of amides is 1. The lowest BCUT2D eigenvalue weighted by atomic mass is 10.0. The molecule has 0 aliphatic carbocycles. The van der Waals surface area contributed by atoms with Gasteiger partial charge in [-0.05, 0) is 38.8 Å². The van der Waals surface area contributed by atoms with E-state index < -0.39 is 23.5 Å². The van der Waals surface area contributed by atoms with Gasteiger partial charge in [-0.3, -0.25) is 25.0 Å². The predicted molar refractivity (Wildman–Crippen MR) is 113 cm³/mol. The third-order valence-corrected chi connectivity index (χ3v) is 4.45. The van der Waals surface area contributed by atoms with Crippen molar-refractivity contribution < 1.29 is 19.2 Å². The van der Waals surface area contributed by atoms with Crippen molar-refractivity contribution in [3.05, 3.63) is 0 Å². The van der Waals surface area contributed by atoms with Gasteiger partial charge in [-0.25, -0.2) is 5.43 Å². The van der Waals surface area contributed by atoms with Gasteiger partial charge >= 0.3 is 0 Å². The smallest absolute Gasteiger partial charge is 0.238 e. The molecule has 1 amide bonds. The maximum absolute atomic E-state index is 12.0. The van der Waals surface area contributed by atoms with Crippen molar-refractivity contribution in [3.63, 3.8) is 0 Å². The van der Waals surface area contributed by atoms with Gasteiger partial charge in [-0.15, -0.1) is 0 Å². The zero-order valence-electron chi connectivity index (χ0n) is 18.1. The van der Waals surface area contributed by atoms with Crippen molar-refractivity contribution in [2.24, 2.45) is 11.8 Å². The predicted octanol–water partition coefficient (Wildman–Crippen LogP) is -0.162. The number of hydrazine groups is 1. The largest absolute Gasteiger partial charge is 0.347 e. The number of unbranched alkanes of at least 4 members (excludes halogenated alkanes) is 4. The van der Waals surface area contributed by atoms with Gasteiger partial charge in [0.25, 0.3) is 0 Å². The normalized spacial score (nSPS) is 12.0. The summed E-state index contributed by atoms with van der Waals surface area (Å²) in [6, 6.07) is -0.614. The van der Waals surface area contributed by atoms with E-state index in [1.807, 2.05) is 20.9 Å². The summed E-state index contributed by atoms with van der Waals surface area (Å²) < 4.78 is 0. The molecule has 168 valence electrons. The number of carbonyl (C=O) groups excluding carboxylic acids is 4. The quantitative estimate of drug-likeness (QED) is 0.0851. The standard InChI is InChI=1S/C20H39N5O4/c1-15(2)11-17(25-21)20(29)24-14-19(28)18(27)13-23-12-16(26)9-7-5-4-6-8-10-22-3/h15,17,22-23,25H,4-14,21H2,1-3H3,(H,24,29)/t17-/m0/s1. The first-order valence-electron chi connectivity index (χ1n) is 10.5. The summed E-state index contributed by atoms with van der Waals surface area (Å²) in [5.41, 5.74) is 2.41. The Hall–Kier alpha value is -1.68. The van der Waals surface area contributed by atoms with Crippen LogP contribution in [0.5, 0.6) is 0 Å². The van der Waals surface area contributed by atoms with Crippen molar-refractivity contribution in [1.82, 2.24) is 21.4 Å². The molecule has 0 aliphatic heterocycles. The van der Waals surface area contributed by atoms with Gasteiger partial charge in [-0.2, -0.15) is 0 Å². The SMILES string of the molecule is CNCCCCCCCC(=O)CNCC(=O)C(=O)CNC(=O)[C@H](CC(C)C)NN. The van der Waals surface area contributed by atoms with Crippen LogP contribution in [0.2, 0.25) is 0 Å². The Morgan fingerprint density at radius 1 is 0.862 bits per heavy atom. The number of carbonyl (C=O) groups is 4. The van der Waals surface area contributed by atoms with Crippen LogP contribution in [0.1, 0.15) is 58.8 Å². The average Bonchev–Trinajstić information content (AvgIpc) is 2.68. The fourth-order valence-corrected chi connectivity index (χ4v) is 2.77. The number of Topliss-reactive ketones (excluding diaryl/α,β-unsaturated/α-hetero) is 3. The maximum atomic E-state index is 12.0. The fourth-order valence-electron chi connectivity index (χ4n) is 2.77. The Morgan fingerprint density at radius 3 is 2.10 bits per heavy atom. The zero-order chi connectivity index (χ0) is 22.1. The first kappa shape index (κ1) is 27.3. The van der Waals surface area contributed by atoms with Gasteiger partial charge in [0.15, 0.2) is 0 Å². The van der Waals surface area contributed by atoms with E-state index in [2.05, 4.69) is 21.4 Å². The molecular formula is C20H39N5O4. The molecule has 0 unspecified atom stereocenters.